The fourth-order valence-corrected chi connectivity index (χ4v) is 4.53. The zero-order valence-corrected chi connectivity index (χ0v) is 15.8. The van der Waals surface area contributed by atoms with Crippen molar-refractivity contribution in [2.24, 2.45) is 0 Å². The van der Waals surface area contributed by atoms with E-state index in [4.69, 9.17) is 0 Å². The summed E-state index contributed by atoms with van der Waals surface area (Å²) >= 11 is 0. The molecular weight excluding hydrogens is 324 g/mol. The number of hydrogen-bond acceptors (Lipinski definition) is 3. The lowest BCUT2D eigenvalue weighted by Crippen LogP contribution is -2.51. The Labute approximate surface area is 155 Å². The highest BCUT2D eigenvalue weighted by molar-refractivity contribution is 5.93. The monoisotopic (exact) mass is 354 g/mol. The molecule has 1 aliphatic carbocycles. The molecule has 0 bridgehead atoms. The van der Waals surface area contributed by atoms with Crippen LogP contribution >= 0.6 is 0 Å². The Morgan fingerprint density at radius 1 is 1.15 bits per heavy atom. The summed E-state index contributed by atoms with van der Waals surface area (Å²) < 4.78 is 1.92. The number of rotatable bonds is 3. The van der Waals surface area contributed by atoms with Crippen molar-refractivity contribution in [3.63, 3.8) is 0 Å². The molecule has 5 nitrogen and oxygen atoms in total. The minimum absolute atomic E-state index is 0.0425. The van der Waals surface area contributed by atoms with Crippen LogP contribution in [0.2, 0.25) is 0 Å². The summed E-state index contributed by atoms with van der Waals surface area (Å²) in [5.74, 6) is -0.0425. The van der Waals surface area contributed by atoms with Crippen molar-refractivity contribution < 1.29 is 4.79 Å². The van der Waals surface area contributed by atoms with Crippen LogP contribution in [0.15, 0.2) is 24.5 Å². The Morgan fingerprint density at radius 2 is 1.96 bits per heavy atom. The molecule has 1 N–H and O–H groups in total. The zero-order valence-electron chi connectivity index (χ0n) is 15.8. The van der Waals surface area contributed by atoms with Crippen molar-refractivity contribution in [3.05, 3.63) is 35.8 Å². The molecule has 4 rings (SSSR count). The molecule has 0 unspecified atom stereocenters. The molecule has 3 heterocycles. The van der Waals surface area contributed by atoms with Gasteiger partial charge in [-0.3, -0.25) is 9.69 Å². The van der Waals surface area contributed by atoms with Gasteiger partial charge in [-0.05, 0) is 56.8 Å². The summed E-state index contributed by atoms with van der Waals surface area (Å²) in [4.78, 5) is 19.8. The van der Waals surface area contributed by atoms with Gasteiger partial charge >= 0.3 is 0 Å². The molecule has 1 saturated carbocycles. The Hall–Kier alpha value is -1.88. The highest BCUT2D eigenvalue weighted by Crippen LogP contribution is 2.24. The summed E-state index contributed by atoms with van der Waals surface area (Å²) in [7, 11) is 0. The smallest absolute Gasteiger partial charge is 0.271 e. The number of pyridine rings is 1. The van der Waals surface area contributed by atoms with E-state index < -0.39 is 0 Å². The molecule has 1 amide bonds. The SMILES string of the molecule is Cc1ccn2cc(C(=O)N[C@H]3CCCN(C4CCCCCC4)C3)nc2c1. The minimum Gasteiger partial charge on any atom is -0.347 e. The van der Waals surface area contributed by atoms with Crippen LogP contribution in [-0.4, -0.2) is 45.4 Å². The summed E-state index contributed by atoms with van der Waals surface area (Å²) in [6.45, 7) is 4.21. The first kappa shape index (κ1) is 17.5. The van der Waals surface area contributed by atoms with E-state index in [1.165, 1.54) is 51.5 Å². The molecule has 140 valence electrons. The van der Waals surface area contributed by atoms with Crippen LogP contribution in [0.4, 0.5) is 0 Å². The van der Waals surface area contributed by atoms with Gasteiger partial charge in [-0.25, -0.2) is 4.98 Å². The fraction of sp³-hybridized carbons (Fsp3) is 0.619. The molecule has 2 aromatic rings. The molecule has 0 spiro atoms. The van der Waals surface area contributed by atoms with E-state index in [2.05, 4.69) is 15.2 Å². The number of likely N-dealkylation sites (tertiary alicyclic amines) is 1. The molecule has 2 fully saturated rings. The third-order valence-corrected chi connectivity index (χ3v) is 5.98. The highest BCUT2D eigenvalue weighted by atomic mass is 16.2. The third-order valence-electron chi connectivity index (χ3n) is 5.98. The number of imidazole rings is 1. The maximum atomic E-state index is 12.7. The van der Waals surface area contributed by atoms with E-state index in [9.17, 15) is 4.79 Å². The number of amides is 1. The molecule has 0 radical (unpaired) electrons. The average Bonchev–Trinajstić information content (AvgIpc) is 2.87. The number of carbonyl (C=O) groups excluding carboxylic acids is 1. The largest absolute Gasteiger partial charge is 0.347 e. The zero-order chi connectivity index (χ0) is 17.9. The van der Waals surface area contributed by atoms with Crippen LogP contribution in [0.1, 0.15) is 67.4 Å². The van der Waals surface area contributed by atoms with Crippen molar-refractivity contribution in [1.82, 2.24) is 19.6 Å². The normalized spacial score (nSPS) is 23.0. The first-order valence-corrected chi connectivity index (χ1v) is 10.2. The van der Waals surface area contributed by atoms with E-state index in [1.807, 2.05) is 35.9 Å². The predicted molar refractivity (Wildman–Crippen MR) is 103 cm³/mol. The molecule has 1 atom stereocenters. The van der Waals surface area contributed by atoms with Crippen molar-refractivity contribution in [1.29, 1.82) is 0 Å². The second-order valence-corrected chi connectivity index (χ2v) is 8.05. The van der Waals surface area contributed by atoms with E-state index in [0.29, 0.717) is 5.69 Å². The molecule has 1 saturated heterocycles. The number of piperidine rings is 1. The summed E-state index contributed by atoms with van der Waals surface area (Å²) in [6.07, 6.45) is 14.2. The van der Waals surface area contributed by atoms with Crippen LogP contribution in [0.3, 0.4) is 0 Å². The third kappa shape index (κ3) is 3.93. The van der Waals surface area contributed by atoms with Gasteiger partial charge in [0.05, 0.1) is 0 Å². The Bertz CT molecular complexity index is 760. The predicted octanol–water partition coefficient (Wildman–Crippen LogP) is 3.56. The van der Waals surface area contributed by atoms with Crippen LogP contribution in [0.25, 0.3) is 5.65 Å². The van der Waals surface area contributed by atoms with Gasteiger partial charge in [0.15, 0.2) is 0 Å². The first-order chi connectivity index (χ1) is 12.7. The van der Waals surface area contributed by atoms with Gasteiger partial charge in [-0.1, -0.05) is 25.7 Å². The number of nitrogens with one attached hydrogen (secondary N) is 1. The fourth-order valence-electron chi connectivity index (χ4n) is 4.53. The van der Waals surface area contributed by atoms with E-state index in [-0.39, 0.29) is 11.9 Å². The molecule has 5 heteroatoms. The van der Waals surface area contributed by atoms with Crippen molar-refractivity contribution in [3.8, 4) is 0 Å². The van der Waals surface area contributed by atoms with Gasteiger partial charge < -0.3 is 9.72 Å². The van der Waals surface area contributed by atoms with Gasteiger partial charge in [-0.2, -0.15) is 0 Å². The second-order valence-electron chi connectivity index (χ2n) is 8.05. The van der Waals surface area contributed by atoms with E-state index in [1.54, 1.807) is 0 Å². The average molecular weight is 354 g/mol. The Kier molecular flexibility index (Phi) is 5.25. The molecule has 1 aliphatic heterocycles. The molecule has 2 aliphatic rings. The summed E-state index contributed by atoms with van der Waals surface area (Å²) in [6, 6.07) is 4.99. The maximum absolute atomic E-state index is 12.7. The van der Waals surface area contributed by atoms with E-state index >= 15 is 0 Å². The van der Waals surface area contributed by atoms with Gasteiger partial charge in [0.25, 0.3) is 5.91 Å². The van der Waals surface area contributed by atoms with Gasteiger partial charge in [0.2, 0.25) is 0 Å². The van der Waals surface area contributed by atoms with Crippen LogP contribution < -0.4 is 5.32 Å². The van der Waals surface area contributed by atoms with Gasteiger partial charge in [0.1, 0.15) is 11.3 Å². The number of aromatic nitrogens is 2. The number of aryl methyl sites for hydroxylation is 1. The quantitative estimate of drug-likeness (QED) is 0.858. The van der Waals surface area contributed by atoms with Crippen molar-refractivity contribution >= 4 is 11.6 Å². The topological polar surface area (TPSA) is 49.6 Å². The summed E-state index contributed by atoms with van der Waals surface area (Å²) in [5.41, 5.74) is 2.50. The summed E-state index contributed by atoms with van der Waals surface area (Å²) in [5, 5.41) is 3.24. The van der Waals surface area contributed by atoms with Crippen LogP contribution in [0.5, 0.6) is 0 Å². The highest BCUT2D eigenvalue weighted by Gasteiger charge is 2.27. The first-order valence-electron chi connectivity index (χ1n) is 10.2. The number of hydrogen-bond donors (Lipinski definition) is 1. The minimum atomic E-state index is -0.0425. The van der Waals surface area contributed by atoms with Gasteiger partial charge in [0, 0.05) is 31.0 Å². The van der Waals surface area contributed by atoms with Crippen molar-refractivity contribution in [2.75, 3.05) is 13.1 Å². The lowest BCUT2D eigenvalue weighted by molar-refractivity contribution is 0.0856. The standard InChI is InChI=1S/C21H30N4O/c1-16-10-12-25-15-19(23-20(25)13-16)21(26)22-17-7-6-11-24(14-17)18-8-4-2-3-5-9-18/h10,12-13,15,17-18H,2-9,11,14H2,1H3,(H,22,26)/t17-/m0/s1. The second kappa shape index (κ2) is 7.78. The van der Waals surface area contributed by atoms with Gasteiger partial charge in [-0.15, -0.1) is 0 Å². The molecule has 0 aromatic carbocycles. The Morgan fingerprint density at radius 3 is 2.77 bits per heavy atom. The number of carbonyl (C=O) groups is 1. The van der Waals surface area contributed by atoms with E-state index in [0.717, 1.165) is 30.2 Å². The molecule has 2 aromatic heterocycles. The van der Waals surface area contributed by atoms with Crippen molar-refractivity contribution in [2.45, 2.75) is 70.4 Å². The lowest BCUT2D eigenvalue weighted by Gasteiger charge is -2.38. The number of fused-ring (bicyclic) bond motifs is 1. The number of nitrogens with zero attached hydrogens (tertiary/aromatic N) is 3. The Balaban J connectivity index is 1.39. The maximum Gasteiger partial charge on any atom is 0.271 e. The molecule has 26 heavy (non-hydrogen) atoms. The lowest BCUT2D eigenvalue weighted by atomic mass is 10.00. The van der Waals surface area contributed by atoms with Crippen LogP contribution in [-0.2, 0) is 0 Å². The van der Waals surface area contributed by atoms with Crippen LogP contribution in [0, 0.1) is 6.92 Å². The molecular formula is C21H30N4O.